The predicted molar refractivity (Wildman–Crippen MR) is 55.2 cm³/mol. The van der Waals surface area contributed by atoms with Crippen molar-refractivity contribution in [2.45, 2.75) is 20.3 Å². The summed E-state index contributed by atoms with van der Waals surface area (Å²) in [4.78, 5) is 9.85. The van der Waals surface area contributed by atoms with Gasteiger partial charge in [-0.15, -0.1) is 0 Å². The van der Waals surface area contributed by atoms with Gasteiger partial charge in [0.05, 0.1) is 19.8 Å². The van der Waals surface area contributed by atoms with Gasteiger partial charge in [-0.2, -0.15) is 0 Å². The Bertz CT molecular complexity index is 129. The highest BCUT2D eigenvalue weighted by Crippen LogP contribution is 1.98. The fourth-order valence-electron chi connectivity index (χ4n) is 0.831. The lowest BCUT2D eigenvalue weighted by Crippen LogP contribution is -2.18. The molecule has 0 aromatic rings. The SMILES string of the molecule is CC(C)CCOCCOCCNC=O. The summed E-state index contributed by atoms with van der Waals surface area (Å²) in [5.74, 6) is 0.688. The van der Waals surface area contributed by atoms with E-state index in [0.29, 0.717) is 38.7 Å². The Kier molecular flexibility index (Phi) is 10.0. The minimum atomic E-state index is 0.548. The Morgan fingerprint density at radius 3 is 2.36 bits per heavy atom. The maximum atomic E-state index is 9.85. The monoisotopic (exact) mass is 203 g/mol. The standard InChI is InChI=1S/C10H21NO3/c1-10(2)3-5-13-7-8-14-6-4-11-9-12/h9-10H,3-8H2,1-2H3,(H,11,12). The first-order valence-corrected chi connectivity index (χ1v) is 5.10. The van der Waals surface area contributed by atoms with Crippen LogP contribution in [0.15, 0.2) is 0 Å². The molecular formula is C10H21NO3. The molecule has 0 bridgehead atoms. The summed E-state index contributed by atoms with van der Waals surface area (Å²) in [5.41, 5.74) is 0. The number of rotatable bonds is 10. The van der Waals surface area contributed by atoms with Crippen molar-refractivity contribution >= 4 is 6.41 Å². The van der Waals surface area contributed by atoms with Gasteiger partial charge < -0.3 is 14.8 Å². The average molecular weight is 203 g/mol. The van der Waals surface area contributed by atoms with Crippen molar-refractivity contribution in [3.05, 3.63) is 0 Å². The topological polar surface area (TPSA) is 47.6 Å². The third kappa shape index (κ3) is 11.4. The molecule has 0 atom stereocenters. The van der Waals surface area contributed by atoms with Crippen LogP contribution in [-0.2, 0) is 14.3 Å². The molecule has 4 heteroatoms. The first-order valence-electron chi connectivity index (χ1n) is 5.10. The summed E-state index contributed by atoms with van der Waals surface area (Å²) < 4.78 is 10.5. The molecule has 1 N–H and O–H groups in total. The Morgan fingerprint density at radius 2 is 1.79 bits per heavy atom. The molecule has 0 saturated heterocycles. The van der Waals surface area contributed by atoms with Gasteiger partial charge in [0.15, 0.2) is 0 Å². The van der Waals surface area contributed by atoms with E-state index in [4.69, 9.17) is 9.47 Å². The predicted octanol–water partition coefficient (Wildman–Crippen LogP) is 0.812. The summed E-state index contributed by atoms with van der Waals surface area (Å²) in [7, 11) is 0. The Hall–Kier alpha value is -0.610. The van der Waals surface area contributed by atoms with E-state index in [1.807, 2.05) is 0 Å². The largest absolute Gasteiger partial charge is 0.379 e. The Labute approximate surface area is 86.0 Å². The fraction of sp³-hybridized carbons (Fsp3) is 0.900. The van der Waals surface area contributed by atoms with E-state index >= 15 is 0 Å². The minimum Gasteiger partial charge on any atom is -0.379 e. The van der Waals surface area contributed by atoms with E-state index in [-0.39, 0.29) is 0 Å². The van der Waals surface area contributed by atoms with Crippen molar-refractivity contribution in [2.24, 2.45) is 5.92 Å². The van der Waals surface area contributed by atoms with Crippen LogP contribution >= 0.6 is 0 Å². The normalized spacial score (nSPS) is 10.5. The zero-order chi connectivity index (χ0) is 10.6. The van der Waals surface area contributed by atoms with Crippen LogP contribution in [0.25, 0.3) is 0 Å². The van der Waals surface area contributed by atoms with Crippen LogP contribution in [0, 0.1) is 5.92 Å². The van der Waals surface area contributed by atoms with Crippen molar-refractivity contribution in [3.63, 3.8) is 0 Å². The van der Waals surface area contributed by atoms with Gasteiger partial charge in [-0.25, -0.2) is 0 Å². The van der Waals surface area contributed by atoms with Gasteiger partial charge in [-0.3, -0.25) is 4.79 Å². The summed E-state index contributed by atoms with van der Waals surface area (Å²) in [6.07, 6.45) is 1.76. The molecular weight excluding hydrogens is 182 g/mol. The second-order valence-corrected chi connectivity index (χ2v) is 3.48. The van der Waals surface area contributed by atoms with E-state index < -0.39 is 0 Å². The van der Waals surface area contributed by atoms with Gasteiger partial charge in [0.2, 0.25) is 6.41 Å². The van der Waals surface area contributed by atoms with Crippen molar-refractivity contribution in [1.29, 1.82) is 0 Å². The molecule has 84 valence electrons. The molecule has 4 nitrogen and oxygen atoms in total. The lowest BCUT2D eigenvalue weighted by Gasteiger charge is -2.06. The van der Waals surface area contributed by atoms with Gasteiger partial charge in [-0.1, -0.05) is 13.8 Å². The molecule has 0 rings (SSSR count). The van der Waals surface area contributed by atoms with Crippen LogP contribution in [0.4, 0.5) is 0 Å². The van der Waals surface area contributed by atoms with Crippen LogP contribution in [0.1, 0.15) is 20.3 Å². The summed E-state index contributed by atoms with van der Waals surface area (Å²) in [6.45, 7) is 7.48. The number of nitrogens with one attached hydrogen (secondary N) is 1. The second-order valence-electron chi connectivity index (χ2n) is 3.48. The van der Waals surface area contributed by atoms with Gasteiger partial charge >= 0.3 is 0 Å². The lowest BCUT2D eigenvalue weighted by molar-refractivity contribution is -0.109. The molecule has 0 aromatic carbocycles. The number of hydrogen-bond donors (Lipinski definition) is 1. The molecule has 1 amide bonds. The van der Waals surface area contributed by atoms with Gasteiger partial charge in [0.25, 0.3) is 0 Å². The average Bonchev–Trinajstić information content (AvgIpc) is 2.15. The highest BCUT2D eigenvalue weighted by atomic mass is 16.5. The first kappa shape index (κ1) is 13.4. The molecule has 0 aliphatic carbocycles. The van der Waals surface area contributed by atoms with Gasteiger partial charge in [0, 0.05) is 13.2 Å². The third-order valence-electron chi connectivity index (χ3n) is 1.69. The second kappa shape index (κ2) is 10.5. The number of carbonyl (C=O) groups excluding carboxylic acids is 1. The van der Waals surface area contributed by atoms with Crippen molar-refractivity contribution in [3.8, 4) is 0 Å². The highest BCUT2D eigenvalue weighted by molar-refractivity contribution is 5.45. The number of carbonyl (C=O) groups is 1. The maximum absolute atomic E-state index is 9.85. The summed E-state index contributed by atoms with van der Waals surface area (Å²) in [5, 5.41) is 2.52. The Balaban J connectivity index is 2.88. The highest BCUT2D eigenvalue weighted by Gasteiger charge is 1.93. The van der Waals surface area contributed by atoms with E-state index in [1.54, 1.807) is 0 Å². The minimum absolute atomic E-state index is 0.548. The number of ether oxygens (including phenoxy) is 2. The van der Waals surface area contributed by atoms with Crippen molar-refractivity contribution < 1.29 is 14.3 Å². The smallest absolute Gasteiger partial charge is 0.207 e. The molecule has 0 unspecified atom stereocenters. The van der Waals surface area contributed by atoms with Crippen LogP contribution in [0.2, 0.25) is 0 Å². The zero-order valence-corrected chi connectivity index (χ0v) is 9.12. The first-order chi connectivity index (χ1) is 6.77. The zero-order valence-electron chi connectivity index (χ0n) is 9.12. The molecule has 0 heterocycles. The number of amides is 1. The molecule has 0 aromatic heterocycles. The van der Waals surface area contributed by atoms with Crippen LogP contribution in [0.5, 0.6) is 0 Å². The molecule has 14 heavy (non-hydrogen) atoms. The number of hydrogen-bond acceptors (Lipinski definition) is 3. The molecule has 0 aliphatic heterocycles. The van der Waals surface area contributed by atoms with Crippen molar-refractivity contribution in [1.82, 2.24) is 5.32 Å². The van der Waals surface area contributed by atoms with Crippen molar-refractivity contribution in [2.75, 3.05) is 33.0 Å². The molecule has 0 spiro atoms. The van der Waals surface area contributed by atoms with Crippen LogP contribution in [-0.4, -0.2) is 39.4 Å². The summed E-state index contributed by atoms with van der Waals surface area (Å²) in [6, 6.07) is 0. The fourth-order valence-corrected chi connectivity index (χ4v) is 0.831. The molecule has 0 fully saturated rings. The van der Waals surface area contributed by atoms with Crippen LogP contribution in [0.3, 0.4) is 0 Å². The summed E-state index contributed by atoms with van der Waals surface area (Å²) >= 11 is 0. The van der Waals surface area contributed by atoms with E-state index in [9.17, 15) is 4.79 Å². The maximum Gasteiger partial charge on any atom is 0.207 e. The van der Waals surface area contributed by atoms with E-state index in [2.05, 4.69) is 19.2 Å². The lowest BCUT2D eigenvalue weighted by atomic mass is 10.1. The molecule has 0 aliphatic rings. The van der Waals surface area contributed by atoms with E-state index in [1.165, 1.54) is 0 Å². The van der Waals surface area contributed by atoms with E-state index in [0.717, 1.165) is 13.0 Å². The third-order valence-corrected chi connectivity index (χ3v) is 1.69. The Morgan fingerprint density at radius 1 is 1.14 bits per heavy atom. The quantitative estimate of drug-likeness (QED) is 0.422. The molecule has 0 radical (unpaired) electrons. The van der Waals surface area contributed by atoms with Gasteiger partial charge in [-0.05, 0) is 12.3 Å². The molecule has 0 saturated carbocycles. The van der Waals surface area contributed by atoms with Crippen LogP contribution < -0.4 is 5.32 Å². The van der Waals surface area contributed by atoms with Gasteiger partial charge in [0.1, 0.15) is 0 Å².